The van der Waals surface area contributed by atoms with Crippen LogP contribution in [0.25, 0.3) is 0 Å². The zero-order chi connectivity index (χ0) is 16.5. The lowest BCUT2D eigenvalue weighted by molar-refractivity contribution is -0.149. The first-order valence-corrected chi connectivity index (χ1v) is 9.35. The molecule has 1 nitrogen and oxygen atoms in total. The summed E-state index contributed by atoms with van der Waals surface area (Å²) >= 11 is 0. The SMILES string of the molecule is O=C(C1(Cc2ccccc2)CCC1)C1(Cc2ccccc2)CCC1. The van der Waals surface area contributed by atoms with Gasteiger partial charge in [0.15, 0.2) is 0 Å². The van der Waals surface area contributed by atoms with Crippen LogP contribution in [0.4, 0.5) is 0 Å². The van der Waals surface area contributed by atoms with Crippen molar-refractivity contribution < 1.29 is 4.79 Å². The summed E-state index contributed by atoms with van der Waals surface area (Å²) in [5.41, 5.74) is 2.46. The van der Waals surface area contributed by atoms with E-state index in [1.165, 1.54) is 24.0 Å². The number of benzene rings is 2. The van der Waals surface area contributed by atoms with Crippen molar-refractivity contribution in [1.29, 1.82) is 0 Å². The lowest BCUT2D eigenvalue weighted by Gasteiger charge is -2.51. The van der Waals surface area contributed by atoms with Crippen molar-refractivity contribution >= 4 is 5.78 Å². The van der Waals surface area contributed by atoms with E-state index in [-0.39, 0.29) is 10.8 Å². The quantitative estimate of drug-likeness (QED) is 0.698. The second-order valence-corrected chi connectivity index (χ2v) is 7.92. The van der Waals surface area contributed by atoms with Crippen molar-refractivity contribution in [3.63, 3.8) is 0 Å². The number of carbonyl (C=O) groups is 1. The van der Waals surface area contributed by atoms with E-state index < -0.39 is 0 Å². The summed E-state index contributed by atoms with van der Waals surface area (Å²) in [5.74, 6) is 0.570. The van der Waals surface area contributed by atoms with Crippen LogP contribution in [0.3, 0.4) is 0 Å². The van der Waals surface area contributed by atoms with Crippen LogP contribution >= 0.6 is 0 Å². The molecule has 2 aromatic carbocycles. The fraction of sp³-hybridized carbons (Fsp3) is 0.435. The largest absolute Gasteiger partial charge is 0.298 e. The first-order valence-electron chi connectivity index (χ1n) is 9.35. The van der Waals surface area contributed by atoms with Crippen molar-refractivity contribution in [3.8, 4) is 0 Å². The van der Waals surface area contributed by atoms with Gasteiger partial charge < -0.3 is 0 Å². The summed E-state index contributed by atoms with van der Waals surface area (Å²) < 4.78 is 0. The van der Waals surface area contributed by atoms with Gasteiger partial charge in [0.1, 0.15) is 5.78 Å². The molecule has 0 amide bonds. The Hall–Kier alpha value is -1.89. The van der Waals surface area contributed by atoms with Gasteiger partial charge in [-0.25, -0.2) is 0 Å². The molecule has 0 atom stereocenters. The molecule has 2 aliphatic carbocycles. The summed E-state index contributed by atoms with van der Waals surface area (Å²) in [5, 5.41) is 0. The van der Waals surface area contributed by atoms with Crippen LogP contribution in [0, 0.1) is 10.8 Å². The van der Waals surface area contributed by atoms with E-state index in [1.807, 2.05) is 0 Å². The molecule has 0 heterocycles. The molecule has 0 N–H and O–H groups in total. The van der Waals surface area contributed by atoms with Crippen molar-refractivity contribution in [2.24, 2.45) is 10.8 Å². The highest BCUT2D eigenvalue weighted by Crippen LogP contribution is 2.55. The minimum atomic E-state index is -0.0868. The number of hydrogen-bond donors (Lipinski definition) is 0. The predicted molar refractivity (Wildman–Crippen MR) is 97.9 cm³/mol. The topological polar surface area (TPSA) is 17.1 Å². The fourth-order valence-corrected chi connectivity index (χ4v) is 4.71. The lowest BCUT2D eigenvalue weighted by atomic mass is 9.51. The second kappa shape index (κ2) is 6.20. The Morgan fingerprint density at radius 1 is 0.667 bits per heavy atom. The minimum absolute atomic E-state index is 0.0868. The summed E-state index contributed by atoms with van der Waals surface area (Å²) in [6.45, 7) is 0. The van der Waals surface area contributed by atoms with E-state index in [0.717, 1.165) is 38.5 Å². The fourth-order valence-electron chi connectivity index (χ4n) is 4.71. The van der Waals surface area contributed by atoms with Crippen molar-refractivity contribution in [2.45, 2.75) is 51.4 Å². The third-order valence-electron chi connectivity index (χ3n) is 6.36. The first-order chi connectivity index (χ1) is 11.7. The van der Waals surface area contributed by atoms with Gasteiger partial charge in [-0.1, -0.05) is 73.5 Å². The molecule has 0 aliphatic heterocycles. The second-order valence-electron chi connectivity index (χ2n) is 7.92. The van der Waals surface area contributed by atoms with Crippen LogP contribution < -0.4 is 0 Å². The minimum Gasteiger partial charge on any atom is -0.298 e. The molecule has 1 heteroatoms. The van der Waals surface area contributed by atoms with Gasteiger partial charge in [-0.05, 0) is 49.7 Å². The summed E-state index contributed by atoms with van der Waals surface area (Å²) in [7, 11) is 0. The van der Waals surface area contributed by atoms with Crippen LogP contribution in [-0.2, 0) is 17.6 Å². The van der Waals surface area contributed by atoms with E-state index in [4.69, 9.17) is 0 Å². The smallest absolute Gasteiger partial charge is 0.145 e. The maximum atomic E-state index is 13.7. The third-order valence-corrected chi connectivity index (χ3v) is 6.36. The van der Waals surface area contributed by atoms with E-state index in [9.17, 15) is 4.79 Å². The highest BCUT2D eigenvalue weighted by atomic mass is 16.1. The Kier molecular flexibility index (Phi) is 4.04. The van der Waals surface area contributed by atoms with E-state index >= 15 is 0 Å². The van der Waals surface area contributed by atoms with Gasteiger partial charge in [-0.3, -0.25) is 4.79 Å². The number of ketones is 1. The highest BCUT2D eigenvalue weighted by Gasteiger charge is 2.54. The summed E-state index contributed by atoms with van der Waals surface area (Å²) in [6, 6.07) is 21.2. The lowest BCUT2D eigenvalue weighted by Crippen LogP contribution is -2.52. The van der Waals surface area contributed by atoms with Gasteiger partial charge in [0.25, 0.3) is 0 Å². The molecule has 0 radical (unpaired) electrons. The Balaban J connectivity index is 1.58. The Labute approximate surface area is 145 Å². The maximum Gasteiger partial charge on any atom is 0.145 e. The molecule has 2 fully saturated rings. The zero-order valence-corrected chi connectivity index (χ0v) is 14.3. The Morgan fingerprint density at radius 2 is 1.04 bits per heavy atom. The van der Waals surface area contributed by atoms with Crippen LogP contribution in [0.1, 0.15) is 49.7 Å². The standard InChI is InChI=1S/C23H26O/c24-21(22(13-7-14-22)17-19-9-3-1-4-10-19)23(15-8-16-23)18-20-11-5-2-6-12-20/h1-6,9-12H,7-8,13-18H2. The Bertz CT molecular complexity index is 632. The maximum absolute atomic E-state index is 13.7. The molecule has 0 saturated heterocycles. The van der Waals surface area contributed by atoms with Gasteiger partial charge in [-0.2, -0.15) is 0 Å². The van der Waals surface area contributed by atoms with E-state index in [1.54, 1.807) is 0 Å². The van der Waals surface area contributed by atoms with Gasteiger partial charge in [0.05, 0.1) is 0 Å². The summed E-state index contributed by atoms with van der Waals surface area (Å²) in [4.78, 5) is 13.7. The molecule has 124 valence electrons. The number of carbonyl (C=O) groups excluding carboxylic acids is 1. The van der Waals surface area contributed by atoms with Crippen LogP contribution in [0.15, 0.2) is 60.7 Å². The van der Waals surface area contributed by atoms with Gasteiger partial charge in [-0.15, -0.1) is 0 Å². The van der Waals surface area contributed by atoms with Gasteiger partial charge >= 0.3 is 0 Å². The molecule has 0 unspecified atom stereocenters. The molecule has 24 heavy (non-hydrogen) atoms. The molecule has 2 aliphatic rings. The third kappa shape index (κ3) is 2.70. The zero-order valence-electron chi connectivity index (χ0n) is 14.3. The van der Waals surface area contributed by atoms with E-state index in [0.29, 0.717) is 5.78 Å². The molecular weight excluding hydrogens is 292 g/mol. The molecule has 0 bridgehead atoms. The molecule has 2 aromatic rings. The monoisotopic (exact) mass is 318 g/mol. The predicted octanol–water partition coefficient (Wildman–Crippen LogP) is 5.38. The molecule has 4 rings (SSSR count). The van der Waals surface area contributed by atoms with Crippen molar-refractivity contribution in [2.75, 3.05) is 0 Å². The summed E-state index contributed by atoms with van der Waals surface area (Å²) in [6.07, 6.45) is 8.61. The molecule has 2 saturated carbocycles. The van der Waals surface area contributed by atoms with E-state index in [2.05, 4.69) is 60.7 Å². The van der Waals surface area contributed by atoms with Crippen molar-refractivity contribution in [3.05, 3.63) is 71.8 Å². The normalized spacial score (nSPS) is 20.7. The average molecular weight is 318 g/mol. The van der Waals surface area contributed by atoms with Crippen LogP contribution in [0.2, 0.25) is 0 Å². The Morgan fingerprint density at radius 3 is 1.33 bits per heavy atom. The van der Waals surface area contributed by atoms with Gasteiger partial charge in [0, 0.05) is 10.8 Å². The average Bonchev–Trinajstić information content (AvgIpc) is 2.56. The first kappa shape index (κ1) is 15.6. The van der Waals surface area contributed by atoms with Crippen LogP contribution in [-0.4, -0.2) is 5.78 Å². The highest BCUT2D eigenvalue weighted by molar-refractivity contribution is 5.92. The van der Waals surface area contributed by atoms with Crippen molar-refractivity contribution in [1.82, 2.24) is 0 Å². The molecular formula is C23H26O. The number of Topliss-reactive ketones (excluding diaryl/α,β-unsaturated/α-hetero) is 1. The van der Waals surface area contributed by atoms with Gasteiger partial charge in [0.2, 0.25) is 0 Å². The molecule has 0 spiro atoms. The van der Waals surface area contributed by atoms with Crippen LogP contribution in [0.5, 0.6) is 0 Å². The number of hydrogen-bond acceptors (Lipinski definition) is 1. The molecule has 0 aromatic heterocycles. The number of rotatable bonds is 6.